The smallest absolute Gasteiger partial charge is 0.460 e. The molecule has 2 amide bonds. The van der Waals surface area contributed by atoms with E-state index in [1.165, 1.54) is 6.92 Å². The standard InChI is InChI=1S/C20H38N2O9Si/c1-7-28-32(29-8-2,30-9-3)14-10-11-21-19(24)27-15-17(6)31-20(25)22-12-13-26-18(23)16(4)5/h17H,4,7-15H2,1-3,5-6H3,(H,21,24)(H,22,25). The Morgan fingerprint density at radius 1 is 0.906 bits per heavy atom. The number of nitrogens with one attached hydrogen (secondary N) is 2. The summed E-state index contributed by atoms with van der Waals surface area (Å²) in [6, 6.07) is 0.574. The van der Waals surface area contributed by atoms with Crippen molar-refractivity contribution in [2.24, 2.45) is 0 Å². The van der Waals surface area contributed by atoms with Crippen LogP contribution in [0.5, 0.6) is 0 Å². The molecule has 1 atom stereocenters. The number of hydrogen-bond donors (Lipinski definition) is 2. The summed E-state index contributed by atoms with van der Waals surface area (Å²) in [5.41, 5.74) is 0.274. The largest absolute Gasteiger partial charge is 0.500 e. The van der Waals surface area contributed by atoms with E-state index in [1.54, 1.807) is 6.92 Å². The predicted molar refractivity (Wildman–Crippen MR) is 119 cm³/mol. The summed E-state index contributed by atoms with van der Waals surface area (Å²) < 4.78 is 32.2. The van der Waals surface area contributed by atoms with Gasteiger partial charge in [0.1, 0.15) is 19.3 Å². The Morgan fingerprint density at radius 2 is 1.47 bits per heavy atom. The van der Waals surface area contributed by atoms with Gasteiger partial charge >= 0.3 is 27.0 Å². The molecule has 11 nitrogen and oxygen atoms in total. The molecule has 0 rings (SSSR count). The van der Waals surface area contributed by atoms with Crippen molar-refractivity contribution in [2.75, 3.05) is 46.1 Å². The van der Waals surface area contributed by atoms with Crippen LogP contribution in [0.4, 0.5) is 9.59 Å². The van der Waals surface area contributed by atoms with Crippen molar-refractivity contribution >= 4 is 27.0 Å². The molecule has 0 bridgehead atoms. The maximum Gasteiger partial charge on any atom is 0.500 e. The molecule has 0 aliphatic carbocycles. The van der Waals surface area contributed by atoms with E-state index >= 15 is 0 Å². The summed E-state index contributed by atoms with van der Waals surface area (Å²) >= 11 is 0. The van der Waals surface area contributed by atoms with Crippen LogP contribution in [-0.2, 0) is 32.3 Å². The molecule has 0 aliphatic heterocycles. The lowest BCUT2D eigenvalue weighted by Gasteiger charge is -2.28. The first-order valence-electron chi connectivity index (χ1n) is 10.8. The minimum atomic E-state index is -2.74. The second kappa shape index (κ2) is 17.4. The SMILES string of the molecule is C=C(C)C(=O)OCCNC(=O)OC(C)COC(=O)NCCC[Si](OCC)(OCC)OCC. The molecular formula is C20H38N2O9Si. The highest BCUT2D eigenvalue weighted by Gasteiger charge is 2.39. The minimum absolute atomic E-state index is 0.00584. The summed E-state index contributed by atoms with van der Waals surface area (Å²) in [4.78, 5) is 34.7. The average molecular weight is 479 g/mol. The van der Waals surface area contributed by atoms with Gasteiger partial charge in [0.2, 0.25) is 0 Å². The summed E-state index contributed by atoms with van der Waals surface area (Å²) in [6.07, 6.45) is -1.39. The second-order valence-corrected chi connectivity index (χ2v) is 9.40. The lowest BCUT2D eigenvalue weighted by molar-refractivity contribution is -0.138. The van der Waals surface area contributed by atoms with Gasteiger partial charge < -0.3 is 38.1 Å². The molecule has 0 aliphatic rings. The van der Waals surface area contributed by atoms with E-state index in [1.807, 2.05) is 20.8 Å². The summed E-state index contributed by atoms with van der Waals surface area (Å²) in [5, 5.41) is 5.06. The Kier molecular flexibility index (Phi) is 16.2. The van der Waals surface area contributed by atoms with E-state index in [4.69, 9.17) is 27.5 Å². The van der Waals surface area contributed by atoms with Gasteiger partial charge in [0, 0.05) is 38.0 Å². The maximum atomic E-state index is 11.8. The molecule has 0 saturated heterocycles. The molecule has 0 aromatic rings. The number of carbonyl (C=O) groups is 3. The predicted octanol–water partition coefficient (Wildman–Crippen LogP) is 2.39. The normalized spacial score (nSPS) is 11.9. The van der Waals surface area contributed by atoms with E-state index in [0.29, 0.717) is 38.8 Å². The molecular weight excluding hydrogens is 440 g/mol. The molecule has 2 N–H and O–H groups in total. The van der Waals surface area contributed by atoms with Gasteiger partial charge in [-0.1, -0.05) is 6.58 Å². The average Bonchev–Trinajstić information content (AvgIpc) is 2.73. The van der Waals surface area contributed by atoms with Gasteiger partial charge in [-0.2, -0.15) is 0 Å². The van der Waals surface area contributed by atoms with Crippen LogP contribution >= 0.6 is 0 Å². The van der Waals surface area contributed by atoms with Crippen LogP contribution in [0.2, 0.25) is 6.04 Å². The van der Waals surface area contributed by atoms with Gasteiger partial charge in [0.05, 0.1) is 6.54 Å². The Morgan fingerprint density at radius 3 is 2.00 bits per heavy atom. The number of ether oxygens (including phenoxy) is 3. The van der Waals surface area contributed by atoms with E-state index in [2.05, 4.69) is 17.2 Å². The molecule has 186 valence electrons. The van der Waals surface area contributed by atoms with Crippen molar-refractivity contribution in [3.8, 4) is 0 Å². The van der Waals surface area contributed by atoms with Crippen molar-refractivity contribution in [2.45, 2.75) is 53.2 Å². The number of esters is 1. The molecule has 0 spiro atoms. The topological polar surface area (TPSA) is 131 Å². The number of amides is 2. The highest BCUT2D eigenvalue weighted by atomic mass is 28.4. The van der Waals surface area contributed by atoms with Gasteiger partial charge in [-0.3, -0.25) is 0 Å². The molecule has 0 fully saturated rings. The number of rotatable bonds is 17. The zero-order valence-electron chi connectivity index (χ0n) is 19.8. The van der Waals surface area contributed by atoms with Crippen LogP contribution in [-0.4, -0.2) is 79.2 Å². The Labute approximate surface area is 191 Å². The van der Waals surface area contributed by atoms with Crippen LogP contribution in [0.1, 0.15) is 41.0 Å². The zero-order valence-corrected chi connectivity index (χ0v) is 20.8. The van der Waals surface area contributed by atoms with E-state index in [0.717, 1.165) is 0 Å². The zero-order chi connectivity index (χ0) is 24.4. The molecule has 0 radical (unpaired) electrons. The van der Waals surface area contributed by atoms with Gasteiger partial charge in [0.25, 0.3) is 0 Å². The molecule has 0 heterocycles. The highest BCUT2D eigenvalue weighted by Crippen LogP contribution is 2.17. The Balaban J connectivity index is 4.06. The number of hydrogen-bond acceptors (Lipinski definition) is 9. The third-order valence-electron chi connectivity index (χ3n) is 3.73. The monoisotopic (exact) mass is 478 g/mol. The van der Waals surface area contributed by atoms with Crippen LogP contribution < -0.4 is 10.6 Å². The lowest BCUT2D eigenvalue weighted by Crippen LogP contribution is -2.46. The van der Waals surface area contributed by atoms with E-state index in [-0.39, 0.29) is 25.3 Å². The number of carbonyl (C=O) groups excluding carboxylic acids is 3. The first kappa shape index (κ1) is 29.8. The molecule has 1 unspecified atom stereocenters. The van der Waals surface area contributed by atoms with Crippen LogP contribution in [0.25, 0.3) is 0 Å². The minimum Gasteiger partial charge on any atom is -0.460 e. The van der Waals surface area contributed by atoms with Crippen molar-refractivity contribution < 1.29 is 41.9 Å². The van der Waals surface area contributed by atoms with Crippen molar-refractivity contribution in [1.82, 2.24) is 10.6 Å². The molecule has 32 heavy (non-hydrogen) atoms. The lowest BCUT2D eigenvalue weighted by atomic mass is 10.4. The first-order chi connectivity index (χ1) is 15.2. The van der Waals surface area contributed by atoms with Crippen LogP contribution in [0.3, 0.4) is 0 Å². The molecule has 12 heteroatoms. The fraction of sp³-hybridized carbons (Fsp3) is 0.750. The molecule has 0 aromatic carbocycles. The number of alkyl carbamates (subject to hydrolysis) is 2. The maximum absolute atomic E-state index is 11.8. The van der Waals surface area contributed by atoms with E-state index in [9.17, 15) is 14.4 Å². The quantitative estimate of drug-likeness (QED) is 0.106. The van der Waals surface area contributed by atoms with Gasteiger partial charge in [0.15, 0.2) is 0 Å². The Hall–Kier alpha value is -2.15. The molecule has 0 saturated carbocycles. The summed E-state index contributed by atoms with van der Waals surface area (Å²) in [7, 11) is -2.74. The third kappa shape index (κ3) is 14.0. The highest BCUT2D eigenvalue weighted by molar-refractivity contribution is 6.60. The fourth-order valence-corrected chi connectivity index (χ4v) is 5.03. The first-order valence-corrected chi connectivity index (χ1v) is 12.7. The van der Waals surface area contributed by atoms with Crippen molar-refractivity contribution in [1.29, 1.82) is 0 Å². The van der Waals surface area contributed by atoms with Gasteiger partial charge in [-0.15, -0.1) is 0 Å². The van der Waals surface area contributed by atoms with Crippen molar-refractivity contribution in [3.05, 3.63) is 12.2 Å². The second-order valence-electron chi connectivity index (χ2n) is 6.67. The van der Waals surface area contributed by atoms with Crippen molar-refractivity contribution in [3.63, 3.8) is 0 Å². The van der Waals surface area contributed by atoms with Crippen LogP contribution in [0, 0.1) is 0 Å². The third-order valence-corrected chi connectivity index (χ3v) is 6.88. The summed E-state index contributed by atoms with van der Waals surface area (Å²) in [5.74, 6) is -0.533. The fourth-order valence-electron chi connectivity index (χ4n) is 2.42. The summed E-state index contributed by atoms with van der Waals surface area (Å²) in [6.45, 7) is 14.0. The van der Waals surface area contributed by atoms with Gasteiger partial charge in [-0.25, -0.2) is 14.4 Å². The Bertz CT molecular complexity index is 572. The van der Waals surface area contributed by atoms with Gasteiger partial charge in [-0.05, 0) is 41.0 Å². The van der Waals surface area contributed by atoms with Crippen LogP contribution in [0.15, 0.2) is 12.2 Å². The van der Waals surface area contributed by atoms with E-state index < -0.39 is 33.1 Å². The molecule has 0 aromatic heterocycles.